The van der Waals surface area contributed by atoms with Crippen molar-refractivity contribution in [2.24, 2.45) is 0 Å². The van der Waals surface area contributed by atoms with Gasteiger partial charge < -0.3 is 4.74 Å². The molecule has 4 aromatic rings. The van der Waals surface area contributed by atoms with Gasteiger partial charge in [0.25, 0.3) is 23.6 Å². The van der Waals surface area contributed by atoms with Gasteiger partial charge in [0.1, 0.15) is 11.5 Å². The molecular weight excluding hydrogens is 484 g/mol. The molecule has 6 rings (SSSR count). The van der Waals surface area contributed by atoms with Crippen molar-refractivity contribution in [2.75, 3.05) is 4.90 Å². The predicted molar refractivity (Wildman–Crippen MR) is 137 cm³/mol. The van der Waals surface area contributed by atoms with Gasteiger partial charge in [-0.15, -0.1) is 0 Å². The second-order valence-electron chi connectivity index (χ2n) is 8.99. The van der Waals surface area contributed by atoms with Crippen LogP contribution in [0.5, 0.6) is 11.5 Å². The molecule has 0 aliphatic carbocycles. The maximum Gasteiger partial charge on any atom is 0.266 e. The summed E-state index contributed by atoms with van der Waals surface area (Å²) in [7, 11) is 0. The Morgan fingerprint density at radius 3 is 1.82 bits per heavy atom. The Balaban J connectivity index is 1.25. The Bertz CT molecular complexity index is 1700. The number of amides is 4. The summed E-state index contributed by atoms with van der Waals surface area (Å²) < 4.78 is 5.82. The summed E-state index contributed by atoms with van der Waals surface area (Å²) >= 11 is 0. The standard InChI is InChI=1S/C30H18N2O6/c1-16-2-8-20(9-3-16)38-21-10-6-19(7-11-21)32-29(36)23-13-5-18(15-25(23)30(32)37)26(33)17-4-12-22-24(14-17)28(35)31-27(22)34/h2-15H,1H3,(H,31,34,35). The highest BCUT2D eigenvalue weighted by Crippen LogP contribution is 2.32. The Kier molecular flexibility index (Phi) is 5.24. The number of aryl methyl sites for hydroxylation is 1. The molecule has 0 radical (unpaired) electrons. The molecule has 8 heteroatoms. The van der Waals surface area contributed by atoms with E-state index in [-0.39, 0.29) is 33.4 Å². The lowest BCUT2D eigenvalue weighted by atomic mass is 9.96. The van der Waals surface area contributed by atoms with Crippen LogP contribution in [0.25, 0.3) is 0 Å². The molecule has 0 unspecified atom stereocenters. The molecule has 0 spiro atoms. The van der Waals surface area contributed by atoms with E-state index in [4.69, 9.17) is 4.74 Å². The zero-order valence-electron chi connectivity index (χ0n) is 20.0. The molecule has 4 amide bonds. The number of fused-ring (bicyclic) bond motifs is 2. The van der Waals surface area contributed by atoms with E-state index in [9.17, 15) is 24.0 Å². The molecule has 184 valence electrons. The van der Waals surface area contributed by atoms with E-state index in [1.165, 1.54) is 36.4 Å². The number of hydrogen-bond donors (Lipinski definition) is 1. The first-order valence-electron chi connectivity index (χ1n) is 11.7. The fourth-order valence-corrected chi connectivity index (χ4v) is 4.50. The van der Waals surface area contributed by atoms with Crippen LogP contribution in [0.2, 0.25) is 0 Å². The summed E-state index contributed by atoms with van der Waals surface area (Å²) in [5.74, 6) is -1.36. The van der Waals surface area contributed by atoms with Crippen LogP contribution in [0.3, 0.4) is 0 Å². The van der Waals surface area contributed by atoms with E-state index < -0.39 is 29.4 Å². The number of benzene rings is 4. The fourth-order valence-electron chi connectivity index (χ4n) is 4.50. The molecule has 0 fully saturated rings. The minimum Gasteiger partial charge on any atom is -0.457 e. The van der Waals surface area contributed by atoms with Crippen molar-refractivity contribution in [2.45, 2.75) is 6.92 Å². The average Bonchev–Trinajstić information content (AvgIpc) is 3.36. The molecule has 0 atom stereocenters. The van der Waals surface area contributed by atoms with Crippen LogP contribution < -0.4 is 15.0 Å². The number of carbonyl (C=O) groups is 5. The minimum atomic E-state index is -0.569. The van der Waals surface area contributed by atoms with E-state index in [1.807, 2.05) is 31.2 Å². The average molecular weight is 502 g/mol. The monoisotopic (exact) mass is 502 g/mol. The number of ketones is 1. The molecule has 1 N–H and O–H groups in total. The molecule has 8 nitrogen and oxygen atoms in total. The van der Waals surface area contributed by atoms with Crippen molar-refractivity contribution in [3.63, 3.8) is 0 Å². The molecule has 0 saturated carbocycles. The third-order valence-electron chi connectivity index (χ3n) is 6.50. The highest BCUT2D eigenvalue weighted by Gasteiger charge is 2.37. The Morgan fingerprint density at radius 2 is 1.16 bits per heavy atom. The molecule has 4 aromatic carbocycles. The van der Waals surface area contributed by atoms with Gasteiger partial charge in [0.15, 0.2) is 5.78 Å². The number of hydrogen-bond acceptors (Lipinski definition) is 6. The SMILES string of the molecule is Cc1ccc(Oc2ccc(N3C(=O)c4ccc(C(=O)c5ccc6c(c5)C(=O)NC6=O)cc4C3=O)cc2)cc1. The Hall–Kier alpha value is -5.37. The van der Waals surface area contributed by atoms with E-state index in [0.717, 1.165) is 10.5 Å². The number of imide groups is 2. The molecular formula is C30H18N2O6. The van der Waals surface area contributed by atoms with E-state index in [0.29, 0.717) is 17.2 Å². The first kappa shape index (κ1) is 23.1. The molecule has 0 bridgehead atoms. The number of rotatable bonds is 5. The first-order chi connectivity index (χ1) is 18.3. The number of ether oxygens (including phenoxy) is 1. The number of nitrogens with one attached hydrogen (secondary N) is 1. The van der Waals surface area contributed by atoms with Crippen molar-refractivity contribution in [1.29, 1.82) is 0 Å². The van der Waals surface area contributed by atoms with Gasteiger partial charge in [0.05, 0.1) is 27.9 Å². The van der Waals surface area contributed by atoms with Crippen molar-refractivity contribution in [3.8, 4) is 11.5 Å². The minimum absolute atomic E-state index is 0.106. The second kappa shape index (κ2) is 8.63. The largest absolute Gasteiger partial charge is 0.457 e. The molecule has 2 heterocycles. The lowest BCUT2D eigenvalue weighted by Crippen LogP contribution is -2.29. The Morgan fingerprint density at radius 1 is 0.632 bits per heavy atom. The first-order valence-corrected chi connectivity index (χ1v) is 11.7. The van der Waals surface area contributed by atoms with Crippen LogP contribution in [0.1, 0.15) is 62.9 Å². The third kappa shape index (κ3) is 3.75. The van der Waals surface area contributed by atoms with Crippen molar-refractivity contribution in [3.05, 3.63) is 124 Å². The van der Waals surface area contributed by atoms with Crippen LogP contribution >= 0.6 is 0 Å². The van der Waals surface area contributed by atoms with Crippen molar-refractivity contribution < 1.29 is 28.7 Å². The maximum atomic E-state index is 13.2. The maximum absolute atomic E-state index is 13.2. The lowest BCUT2D eigenvalue weighted by Gasteiger charge is -2.14. The summed E-state index contributed by atoms with van der Waals surface area (Å²) in [5, 5.41) is 2.19. The zero-order chi connectivity index (χ0) is 26.6. The van der Waals surface area contributed by atoms with Crippen LogP contribution in [-0.4, -0.2) is 29.4 Å². The summed E-state index contributed by atoms with van der Waals surface area (Å²) in [4.78, 5) is 64.3. The van der Waals surface area contributed by atoms with Crippen LogP contribution in [0.4, 0.5) is 5.69 Å². The van der Waals surface area contributed by atoms with Crippen LogP contribution in [0, 0.1) is 6.92 Å². The van der Waals surface area contributed by atoms with Gasteiger partial charge in [-0.05, 0) is 67.6 Å². The predicted octanol–water partition coefficient (Wildman–Crippen LogP) is 4.70. The summed E-state index contributed by atoms with van der Waals surface area (Å²) in [6.45, 7) is 1.98. The third-order valence-corrected chi connectivity index (χ3v) is 6.50. The molecule has 2 aliphatic rings. The topological polar surface area (TPSA) is 110 Å². The van der Waals surface area contributed by atoms with Gasteiger partial charge in [-0.25, -0.2) is 4.90 Å². The number of carbonyl (C=O) groups excluding carboxylic acids is 5. The van der Waals surface area contributed by atoms with Gasteiger partial charge >= 0.3 is 0 Å². The van der Waals surface area contributed by atoms with E-state index in [1.54, 1.807) is 24.3 Å². The molecule has 0 saturated heterocycles. The van der Waals surface area contributed by atoms with Gasteiger partial charge in [0.2, 0.25) is 0 Å². The summed E-state index contributed by atoms with van der Waals surface area (Å²) in [6.07, 6.45) is 0. The summed E-state index contributed by atoms with van der Waals surface area (Å²) in [6, 6.07) is 22.7. The van der Waals surface area contributed by atoms with Crippen molar-refractivity contribution in [1.82, 2.24) is 5.32 Å². The second-order valence-corrected chi connectivity index (χ2v) is 8.99. The number of nitrogens with zero attached hydrogens (tertiary/aromatic N) is 1. The normalized spacial score (nSPS) is 13.9. The van der Waals surface area contributed by atoms with Crippen LogP contribution in [-0.2, 0) is 0 Å². The van der Waals surface area contributed by atoms with Gasteiger partial charge in [0, 0.05) is 11.1 Å². The smallest absolute Gasteiger partial charge is 0.266 e. The van der Waals surface area contributed by atoms with Crippen LogP contribution in [0.15, 0.2) is 84.9 Å². The highest BCUT2D eigenvalue weighted by molar-refractivity contribution is 6.35. The van der Waals surface area contributed by atoms with Gasteiger partial charge in [-0.1, -0.05) is 29.8 Å². The summed E-state index contributed by atoms with van der Waals surface area (Å²) in [5.41, 5.74) is 2.46. The van der Waals surface area contributed by atoms with Crippen molar-refractivity contribution >= 4 is 35.1 Å². The highest BCUT2D eigenvalue weighted by atomic mass is 16.5. The van der Waals surface area contributed by atoms with Gasteiger partial charge in [-0.3, -0.25) is 29.3 Å². The Labute approximate surface area is 216 Å². The van der Waals surface area contributed by atoms with Gasteiger partial charge in [-0.2, -0.15) is 0 Å². The fraction of sp³-hybridized carbons (Fsp3) is 0.0333. The van der Waals surface area contributed by atoms with E-state index in [2.05, 4.69) is 5.32 Å². The molecule has 38 heavy (non-hydrogen) atoms. The quantitative estimate of drug-likeness (QED) is 0.313. The lowest BCUT2D eigenvalue weighted by molar-refractivity contribution is 0.0874. The molecule has 0 aromatic heterocycles. The van der Waals surface area contributed by atoms with E-state index >= 15 is 0 Å². The number of anilines is 1. The molecule has 2 aliphatic heterocycles. The zero-order valence-corrected chi connectivity index (χ0v) is 20.0.